The molecule has 3 aromatic rings. The first-order valence-electron chi connectivity index (χ1n) is 9.92. The molecule has 1 saturated heterocycles. The lowest BCUT2D eigenvalue weighted by Crippen LogP contribution is -2.37. The Morgan fingerprint density at radius 3 is 2.21 bits per heavy atom. The minimum atomic E-state index is -0.0522. The van der Waals surface area contributed by atoms with Gasteiger partial charge in [0.15, 0.2) is 5.78 Å². The van der Waals surface area contributed by atoms with Crippen LogP contribution in [0.2, 0.25) is 0 Å². The molecular formula is C24H22N2O2. The average Bonchev–Trinajstić information content (AvgIpc) is 3.06. The van der Waals surface area contributed by atoms with Gasteiger partial charge in [-0.05, 0) is 32.3 Å². The van der Waals surface area contributed by atoms with E-state index >= 15 is 0 Å². The first-order valence-corrected chi connectivity index (χ1v) is 9.92. The number of nitrogens with zero attached hydrogens (tertiary/aromatic N) is 1. The van der Waals surface area contributed by atoms with Gasteiger partial charge in [0.2, 0.25) is 5.78 Å². The third kappa shape index (κ3) is 2.44. The fourth-order valence-corrected chi connectivity index (χ4v) is 4.61. The molecule has 1 aliphatic heterocycles. The first-order chi connectivity index (χ1) is 13.7. The Kier molecular flexibility index (Phi) is 3.93. The number of hydrogen-bond donors (Lipinski definition) is 1. The number of Topliss-reactive ketones (excluding diaryl/α,β-unsaturated/α-hetero) is 2. The Morgan fingerprint density at radius 1 is 0.821 bits per heavy atom. The van der Waals surface area contributed by atoms with Crippen molar-refractivity contribution in [2.24, 2.45) is 0 Å². The second-order valence-corrected chi connectivity index (χ2v) is 7.65. The van der Waals surface area contributed by atoms with Gasteiger partial charge in [0.1, 0.15) is 0 Å². The number of nitrogens with one attached hydrogen (secondary N) is 1. The van der Waals surface area contributed by atoms with E-state index < -0.39 is 0 Å². The van der Waals surface area contributed by atoms with Gasteiger partial charge in [-0.15, -0.1) is 0 Å². The van der Waals surface area contributed by atoms with E-state index in [1.165, 1.54) is 6.42 Å². The molecular weight excluding hydrogens is 348 g/mol. The van der Waals surface area contributed by atoms with Gasteiger partial charge in [-0.1, -0.05) is 42.5 Å². The predicted molar refractivity (Wildman–Crippen MR) is 110 cm³/mol. The van der Waals surface area contributed by atoms with Crippen molar-refractivity contribution >= 4 is 28.0 Å². The van der Waals surface area contributed by atoms with Gasteiger partial charge in [-0.25, -0.2) is 0 Å². The largest absolute Gasteiger partial charge is 0.368 e. The van der Waals surface area contributed by atoms with E-state index in [1.807, 2.05) is 43.3 Å². The molecule has 1 aliphatic carbocycles. The van der Waals surface area contributed by atoms with Gasteiger partial charge >= 0.3 is 0 Å². The Labute approximate surface area is 163 Å². The number of benzene rings is 2. The summed E-state index contributed by atoms with van der Waals surface area (Å²) in [5.74, 6) is -0.0830. The van der Waals surface area contributed by atoms with Crippen LogP contribution in [0.3, 0.4) is 0 Å². The highest BCUT2D eigenvalue weighted by Gasteiger charge is 2.37. The fraction of sp³-hybridized carbons (Fsp3) is 0.250. The predicted octanol–water partition coefficient (Wildman–Crippen LogP) is 4.75. The molecule has 0 atom stereocenters. The smallest absolute Gasteiger partial charge is 0.210 e. The standard InChI is InChI=1S/C24H22N2O2/c1-15-20(18-11-5-6-12-19(18)25-15)21-22(26-13-7-2-8-14-26)24(28)17-10-4-3-9-16(17)23(21)27/h3-6,9-12,25H,2,7-8,13-14H2,1H3. The molecule has 4 heteroatoms. The molecule has 28 heavy (non-hydrogen) atoms. The lowest BCUT2D eigenvalue weighted by Gasteiger charge is -2.34. The zero-order valence-corrected chi connectivity index (χ0v) is 15.9. The van der Waals surface area contributed by atoms with Crippen LogP contribution < -0.4 is 0 Å². The van der Waals surface area contributed by atoms with E-state index in [9.17, 15) is 9.59 Å². The lowest BCUT2D eigenvalue weighted by molar-refractivity contribution is 0.0951. The third-order valence-electron chi connectivity index (χ3n) is 5.91. The van der Waals surface area contributed by atoms with Crippen LogP contribution in [0.25, 0.3) is 16.5 Å². The summed E-state index contributed by atoms with van der Waals surface area (Å²) in [7, 11) is 0. The number of aromatic amines is 1. The third-order valence-corrected chi connectivity index (χ3v) is 5.91. The van der Waals surface area contributed by atoms with Crippen molar-refractivity contribution in [3.05, 3.63) is 76.6 Å². The number of hydrogen-bond acceptors (Lipinski definition) is 3. The fourth-order valence-electron chi connectivity index (χ4n) is 4.61. The van der Waals surface area contributed by atoms with Crippen LogP contribution in [-0.2, 0) is 0 Å². The number of likely N-dealkylation sites (tertiary alicyclic amines) is 1. The number of aromatic nitrogens is 1. The maximum atomic E-state index is 13.7. The van der Waals surface area contributed by atoms with Crippen molar-refractivity contribution < 1.29 is 9.59 Å². The molecule has 0 spiro atoms. The molecule has 2 heterocycles. The van der Waals surface area contributed by atoms with Crippen molar-refractivity contribution in [3.8, 4) is 0 Å². The minimum Gasteiger partial charge on any atom is -0.368 e. The van der Waals surface area contributed by atoms with E-state index in [2.05, 4.69) is 9.88 Å². The van der Waals surface area contributed by atoms with Crippen LogP contribution in [0.4, 0.5) is 0 Å². The number of allylic oxidation sites excluding steroid dienone is 2. The number of aryl methyl sites for hydroxylation is 1. The molecule has 2 aliphatic rings. The molecule has 1 fully saturated rings. The van der Waals surface area contributed by atoms with E-state index in [0.29, 0.717) is 22.4 Å². The zero-order chi connectivity index (χ0) is 19.3. The van der Waals surface area contributed by atoms with Crippen molar-refractivity contribution in [2.45, 2.75) is 26.2 Å². The minimum absolute atomic E-state index is 0.0308. The number of carbonyl (C=O) groups is 2. The van der Waals surface area contributed by atoms with Gasteiger partial charge in [0.25, 0.3) is 0 Å². The number of carbonyl (C=O) groups excluding carboxylic acids is 2. The SMILES string of the molecule is Cc1[nH]c2ccccc2c1C1=C(N2CCCCC2)C(=O)c2ccccc2C1=O. The van der Waals surface area contributed by atoms with Gasteiger partial charge in [-0.3, -0.25) is 9.59 Å². The molecule has 0 bridgehead atoms. The van der Waals surface area contributed by atoms with Crippen LogP contribution >= 0.6 is 0 Å². The quantitative estimate of drug-likeness (QED) is 0.708. The molecule has 0 radical (unpaired) electrons. The van der Waals surface area contributed by atoms with E-state index in [1.54, 1.807) is 12.1 Å². The second kappa shape index (κ2) is 6.48. The van der Waals surface area contributed by atoms with E-state index in [-0.39, 0.29) is 11.6 Å². The molecule has 0 saturated carbocycles. The Morgan fingerprint density at radius 2 is 1.46 bits per heavy atom. The molecule has 4 nitrogen and oxygen atoms in total. The molecule has 0 amide bonds. The van der Waals surface area contributed by atoms with Gasteiger partial charge in [0, 0.05) is 46.4 Å². The van der Waals surface area contributed by atoms with E-state index in [0.717, 1.165) is 48.1 Å². The van der Waals surface area contributed by atoms with Crippen LogP contribution in [0.15, 0.2) is 54.2 Å². The van der Waals surface area contributed by atoms with Crippen molar-refractivity contribution in [3.63, 3.8) is 0 Å². The molecule has 140 valence electrons. The summed E-state index contributed by atoms with van der Waals surface area (Å²) >= 11 is 0. The maximum absolute atomic E-state index is 13.7. The monoisotopic (exact) mass is 370 g/mol. The Balaban J connectivity index is 1.83. The van der Waals surface area contributed by atoms with Crippen LogP contribution in [0.5, 0.6) is 0 Å². The van der Waals surface area contributed by atoms with Crippen LogP contribution in [0, 0.1) is 6.92 Å². The molecule has 1 aromatic heterocycles. The molecule has 0 unspecified atom stereocenters. The summed E-state index contributed by atoms with van der Waals surface area (Å²) in [5.41, 5.74) is 4.94. The summed E-state index contributed by atoms with van der Waals surface area (Å²) in [6, 6.07) is 15.2. The summed E-state index contributed by atoms with van der Waals surface area (Å²) in [6.45, 7) is 3.62. The highest BCUT2D eigenvalue weighted by atomic mass is 16.1. The number of para-hydroxylation sites is 1. The number of ketones is 2. The Hall–Kier alpha value is -3.14. The first kappa shape index (κ1) is 17.0. The zero-order valence-electron chi connectivity index (χ0n) is 15.9. The summed E-state index contributed by atoms with van der Waals surface area (Å²) in [4.78, 5) is 32.7. The van der Waals surface area contributed by atoms with Crippen LogP contribution in [-0.4, -0.2) is 34.5 Å². The van der Waals surface area contributed by atoms with Crippen molar-refractivity contribution in [1.82, 2.24) is 9.88 Å². The highest BCUT2D eigenvalue weighted by molar-refractivity contribution is 6.41. The second-order valence-electron chi connectivity index (χ2n) is 7.65. The Bertz CT molecular complexity index is 1150. The average molecular weight is 370 g/mol. The normalized spacial score (nSPS) is 17.4. The highest BCUT2D eigenvalue weighted by Crippen LogP contribution is 2.39. The van der Waals surface area contributed by atoms with Crippen molar-refractivity contribution in [1.29, 1.82) is 0 Å². The van der Waals surface area contributed by atoms with Crippen molar-refractivity contribution in [2.75, 3.05) is 13.1 Å². The van der Waals surface area contributed by atoms with Gasteiger partial charge in [0.05, 0.1) is 11.3 Å². The number of piperidine rings is 1. The molecule has 2 aromatic carbocycles. The topological polar surface area (TPSA) is 53.2 Å². The summed E-state index contributed by atoms with van der Waals surface area (Å²) in [5, 5.41) is 0.991. The van der Waals surface area contributed by atoms with E-state index in [4.69, 9.17) is 0 Å². The van der Waals surface area contributed by atoms with Gasteiger partial charge < -0.3 is 9.88 Å². The lowest BCUT2D eigenvalue weighted by atomic mass is 9.82. The summed E-state index contributed by atoms with van der Waals surface area (Å²) < 4.78 is 0. The number of H-pyrrole nitrogens is 1. The van der Waals surface area contributed by atoms with Crippen LogP contribution in [0.1, 0.15) is 51.2 Å². The summed E-state index contributed by atoms with van der Waals surface area (Å²) in [6.07, 6.45) is 3.27. The molecule has 5 rings (SSSR count). The maximum Gasteiger partial charge on any atom is 0.210 e. The number of rotatable bonds is 2. The number of fused-ring (bicyclic) bond motifs is 2. The van der Waals surface area contributed by atoms with Gasteiger partial charge in [-0.2, -0.15) is 0 Å². The molecule has 1 N–H and O–H groups in total.